The van der Waals surface area contributed by atoms with Gasteiger partial charge in [0.15, 0.2) is 0 Å². The number of likely N-dealkylation sites (tertiary alicyclic amines) is 1. The molecule has 0 unspecified atom stereocenters. The molecule has 36 heavy (non-hydrogen) atoms. The summed E-state index contributed by atoms with van der Waals surface area (Å²) in [6.45, 7) is 14.4. The number of nitrogens with one attached hydrogen (secondary N) is 1. The molecule has 2 fully saturated rings. The van der Waals surface area contributed by atoms with Crippen molar-refractivity contribution in [2.24, 2.45) is 5.92 Å². The van der Waals surface area contributed by atoms with Gasteiger partial charge in [-0.1, -0.05) is 77.8 Å². The summed E-state index contributed by atoms with van der Waals surface area (Å²) in [6.07, 6.45) is 8.32. The predicted molar refractivity (Wildman–Crippen MR) is 152 cm³/mol. The standard InChI is InChI=1S/C30H49N3O2S/c1-24(2)23-26-27(34)33(21-22-36-29(3,4)5)30(28(35)31-26)16-19-32(20-17-30)18-12-7-6-9-13-25-14-10-8-11-15-25/h8,10-11,14-15,24,26H,6-7,9,12-13,16-23H2,1-5H3,(H,31,35)/t26-/m0/s1. The van der Waals surface area contributed by atoms with Crippen LogP contribution in [0.2, 0.25) is 0 Å². The van der Waals surface area contributed by atoms with E-state index in [0.717, 1.165) is 44.6 Å². The Labute approximate surface area is 224 Å². The van der Waals surface area contributed by atoms with E-state index in [0.29, 0.717) is 18.9 Å². The number of hydrogen-bond donors (Lipinski definition) is 1. The molecule has 2 aliphatic heterocycles. The minimum absolute atomic E-state index is 0.0778. The second-order valence-corrected chi connectivity index (χ2v) is 14.1. The molecule has 0 aromatic heterocycles. The van der Waals surface area contributed by atoms with Crippen molar-refractivity contribution in [2.45, 2.75) is 102 Å². The van der Waals surface area contributed by atoms with Gasteiger partial charge in [-0.2, -0.15) is 11.8 Å². The number of carbonyl (C=O) groups is 2. The van der Waals surface area contributed by atoms with Gasteiger partial charge >= 0.3 is 0 Å². The number of nitrogens with zero attached hydrogens (tertiary/aromatic N) is 2. The predicted octanol–water partition coefficient (Wildman–Crippen LogP) is 5.53. The largest absolute Gasteiger partial charge is 0.342 e. The topological polar surface area (TPSA) is 52.7 Å². The van der Waals surface area contributed by atoms with Crippen LogP contribution >= 0.6 is 11.8 Å². The summed E-state index contributed by atoms with van der Waals surface area (Å²) in [5.74, 6) is 1.44. The molecule has 2 saturated heterocycles. The molecule has 0 saturated carbocycles. The lowest BCUT2D eigenvalue weighted by molar-refractivity contribution is -0.161. The third kappa shape index (κ3) is 8.24. The van der Waals surface area contributed by atoms with E-state index in [1.165, 1.54) is 31.2 Å². The first-order chi connectivity index (χ1) is 17.1. The van der Waals surface area contributed by atoms with Gasteiger partial charge in [0.2, 0.25) is 11.8 Å². The normalized spacial score (nSPS) is 20.8. The number of aryl methyl sites for hydroxylation is 1. The quantitative estimate of drug-likeness (QED) is 0.372. The first kappa shape index (κ1) is 29.0. The van der Waals surface area contributed by atoms with Gasteiger partial charge in [-0.05, 0) is 56.6 Å². The molecule has 0 radical (unpaired) electrons. The molecule has 1 atom stereocenters. The van der Waals surface area contributed by atoms with Gasteiger partial charge in [0.1, 0.15) is 11.6 Å². The molecule has 1 aromatic carbocycles. The smallest absolute Gasteiger partial charge is 0.246 e. The number of thioether (sulfide) groups is 1. The third-order valence-electron chi connectivity index (χ3n) is 7.58. The highest BCUT2D eigenvalue weighted by Gasteiger charge is 2.53. The molecule has 0 aliphatic carbocycles. The molecule has 5 nitrogen and oxygen atoms in total. The van der Waals surface area contributed by atoms with Crippen LogP contribution in [-0.2, 0) is 16.0 Å². The fourth-order valence-corrected chi connectivity index (χ4v) is 6.47. The lowest BCUT2D eigenvalue weighted by Gasteiger charge is -2.52. The maximum atomic E-state index is 13.6. The maximum absolute atomic E-state index is 13.6. The van der Waals surface area contributed by atoms with Crippen molar-refractivity contribution in [1.29, 1.82) is 0 Å². The molecule has 2 aliphatic rings. The second kappa shape index (κ2) is 13.3. The van der Waals surface area contributed by atoms with E-state index in [1.807, 2.05) is 16.7 Å². The van der Waals surface area contributed by atoms with E-state index in [4.69, 9.17) is 0 Å². The van der Waals surface area contributed by atoms with Crippen LogP contribution in [0.5, 0.6) is 0 Å². The van der Waals surface area contributed by atoms with Crippen LogP contribution in [0.3, 0.4) is 0 Å². The number of piperidine rings is 1. The number of unbranched alkanes of at least 4 members (excludes halogenated alkanes) is 3. The van der Waals surface area contributed by atoms with Crippen LogP contribution < -0.4 is 5.32 Å². The van der Waals surface area contributed by atoms with Gasteiger partial charge in [-0.25, -0.2) is 0 Å². The number of amides is 2. The van der Waals surface area contributed by atoms with Crippen LogP contribution in [0.4, 0.5) is 0 Å². The highest BCUT2D eigenvalue weighted by molar-refractivity contribution is 8.00. The summed E-state index contributed by atoms with van der Waals surface area (Å²) in [4.78, 5) is 31.6. The Morgan fingerprint density at radius 1 is 1.00 bits per heavy atom. The number of piperazine rings is 1. The van der Waals surface area contributed by atoms with Crippen molar-refractivity contribution >= 4 is 23.6 Å². The highest BCUT2D eigenvalue weighted by atomic mass is 32.2. The number of benzene rings is 1. The Morgan fingerprint density at radius 2 is 1.67 bits per heavy atom. The minimum Gasteiger partial charge on any atom is -0.342 e. The van der Waals surface area contributed by atoms with Crippen LogP contribution in [0.1, 0.15) is 85.1 Å². The van der Waals surface area contributed by atoms with Gasteiger partial charge in [-0.3, -0.25) is 9.59 Å². The molecule has 2 amide bonds. The summed E-state index contributed by atoms with van der Waals surface area (Å²) in [6, 6.07) is 10.4. The molecule has 1 spiro atoms. The van der Waals surface area contributed by atoms with E-state index in [9.17, 15) is 9.59 Å². The molecule has 0 bridgehead atoms. The van der Waals surface area contributed by atoms with Crippen LogP contribution in [0.25, 0.3) is 0 Å². The number of hydrogen-bond acceptors (Lipinski definition) is 4. The molecular formula is C30H49N3O2S. The van der Waals surface area contributed by atoms with Crippen molar-refractivity contribution < 1.29 is 9.59 Å². The van der Waals surface area contributed by atoms with E-state index in [2.05, 4.69) is 75.2 Å². The summed E-state index contributed by atoms with van der Waals surface area (Å²) < 4.78 is 0.149. The molecule has 6 heteroatoms. The molecule has 1 N–H and O–H groups in total. The number of carbonyl (C=O) groups excluding carboxylic acids is 2. The minimum atomic E-state index is -0.671. The Morgan fingerprint density at radius 3 is 2.31 bits per heavy atom. The fraction of sp³-hybridized carbons (Fsp3) is 0.733. The van der Waals surface area contributed by atoms with Crippen molar-refractivity contribution in [3.05, 3.63) is 35.9 Å². The van der Waals surface area contributed by atoms with Crippen LogP contribution in [0.15, 0.2) is 30.3 Å². The Bertz CT molecular complexity index is 828. The Balaban J connectivity index is 1.50. The van der Waals surface area contributed by atoms with Gasteiger partial charge in [0.05, 0.1) is 0 Å². The summed E-state index contributed by atoms with van der Waals surface area (Å²) in [5, 5.41) is 3.13. The van der Waals surface area contributed by atoms with E-state index in [-0.39, 0.29) is 22.6 Å². The van der Waals surface area contributed by atoms with Crippen molar-refractivity contribution in [2.75, 3.05) is 31.9 Å². The molecule has 2 heterocycles. The molecule has 1 aromatic rings. The van der Waals surface area contributed by atoms with Gasteiger partial charge < -0.3 is 15.1 Å². The first-order valence-electron chi connectivity index (χ1n) is 14.1. The summed E-state index contributed by atoms with van der Waals surface area (Å²) >= 11 is 1.87. The van der Waals surface area contributed by atoms with E-state index < -0.39 is 5.54 Å². The van der Waals surface area contributed by atoms with Gasteiger partial charge in [0.25, 0.3) is 0 Å². The van der Waals surface area contributed by atoms with Crippen molar-refractivity contribution in [3.63, 3.8) is 0 Å². The summed E-state index contributed by atoms with van der Waals surface area (Å²) in [5.41, 5.74) is 0.759. The SMILES string of the molecule is CC(C)C[C@@H]1NC(=O)C2(CCN(CCCCCCc3ccccc3)CC2)N(CCSC(C)(C)C)C1=O. The van der Waals surface area contributed by atoms with Crippen LogP contribution in [-0.4, -0.2) is 69.9 Å². The van der Waals surface area contributed by atoms with E-state index >= 15 is 0 Å². The third-order valence-corrected chi connectivity index (χ3v) is 8.83. The van der Waals surface area contributed by atoms with Gasteiger partial charge in [-0.15, -0.1) is 0 Å². The highest BCUT2D eigenvalue weighted by Crippen LogP contribution is 2.35. The molecule has 202 valence electrons. The zero-order valence-electron chi connectivity index (χ0n) is 23.4. The average molecular weight is 516 g/mol. The van der Waals surface area contributed by atoms with Gasteiger partial charge in [0, 0.05) is 30.1 Å². The zero-order chi connectivity index (χ0) is 26.2. The lowest BCUT2D eigenvalue weighted by Crippen LogP contribution is -2.73. The van der Waals surface area contributed by atoms with E-state index in [1.54, 1.807) is 0 Å². The second-order valence-electron chi connectivity index (χ2n) is 12.1. The number of rotatable bonds is 12. The fourth-order valence-electron chi connectivity index (χ4n) is 5.58. The Hall–Kier alpha value is -1.53. The molecule has 3 rings (SSSR count). The maximum Gasteiger partial charge on any atom is 0.246 e. The summed E-state index contributed by atoms with van der Waals surface area (Å²) in [7, 11) is 0. The average Bonchev–Trinajstić information content (AvgIpc) is 2.82. The molecular weight excluding hydrogens is 466 g/mol. The lowest BCUT2D eigenvalue weighted by atomic mass is 9.81. The first-order valence-corrected chi connectivity index (χ1v) is 15.1. The monoisotopic (exact) mass is 515 g/mol. The Kier molecular flexibility index (Phi) is 10.7. The van der Waals surface area contributed by atoms with Crippen LogP contribution in [0, 0.1) is 5.92 Å². The van der Waals surface area contributed by atoms with Crippen molar-refractivity contribution in [3.8, 4) is 0 Å². The van der Waals surface area contributed by atoms with Crippen molar-refractivity contribution in [1.82, 2.24) is 15.1 Å². The zero-order valence-corrected chi connectivity index (χ0v) is 24.2.